The lowest BCUT2D eigenvalue weighted by Gasteiger charge is -2.24. The molecule has 1 atom stereocenters. The Bertz CT molecular complexity index is 1200. The molecule has 0 radical (unpaired) electrons. The average Bonchev–Trinajstić information content (AvgIpc) is 3.53. The van der Waals surface area contributed by atoms with Crippen LogP contribution in [0.2, 0.25) is 0 Å². The number of nitrogens with zero attached hydrogens (tertiary/aromatic N) is 1. The maximum absolute atomic E-state index is 12.6. The van der Waals surface area contributed by atoms with Crippen LogP contribution in [-0.2, 0) is 22.7 Å². The molecule has 1 saturated heterocycles. The van der Waals surface area contributed by atoms with Gasteiger partial charge in [0.15, 0.2) is 11.5 Å². The summed E-state index contributed by atoms with van der Waals surface area (Å²) in [6.07, 6.45) is 1.05. The first-order chi connectivity index (χ1) is 17.7. The van der Waals surface area contributed by atoms with E-state index in [1.54, 1.807) is 11.8 Å². The third kappa shape index (κ3) is 5.94. The molecule has 0 saturated carbocycles. The second-order valence-corrected chi connectivity index (χ2v) is 9.72. The van der Waals surface area contributed by atoms with E-state index < -0.39 is 0 Å². The van der Waals surface area contributed by atoms with Gasteiger partial charge in [0.05, 0.1) is 12.4 Å². The molecule has 2 amide bonds. The van der Waals surface area contributed by atoms with Crippen LogP contribution >= 0.6 is 11.8 Å². The zero-order chi connectivity index (χ0) is 24.7. The van der Waals surface area contributed by atoms with Gasteiger partial charge in [-0.3, -0.25) is 9.59 Å². The van der Waals surface area contributed by atoms with Gasteiger partial charge < -0.3 is 24.4 Å². The maximum Gasteiger partial charge on any atom is 0.234 e. The van der Waals surface area contributed by atoms with E-state index in [1.165, 1.54) is 0 Å². The lowest BCUT2D eigenvalue weighted by atomic mass is 10.1. The highest BCUT2D eigenvalue weighted by atomic mass is 32.2. The number of hydrogen-bond acceptors (Lipinski definition) is 6. The van der Waals surface area contributed by atoms with Gasteiger partial charge >= 0.3 is 0 Å². The summed E-state index contributed by atoms with van der Waals surface area (Å²) in [5.41, 5.74) is 3.14. The molecule has 3 aromatic rings. The quantitative estimate of drug-likeness (QED) is 0.405. The van der Waals surface area contributed by atoms with Gasteiger partial charge in [-0.05, 0) is 47.4 Å². The topological polar surface area (TPSA) is 77.1 Å². The van der Waals surface area contributed by atoms with Crippen molar-refractivity contribution >= 4 is 23.6 Å². The van der Waals surface area contributed by atoms with Crippen LogP contribution in [0.4, 0.5) is 0 Å². The van der Waals surface area contributed by atoms with Crippen LogP contribution in [0.25, 0.3) is 0 Å². The summed E-state index contributed by atoms with van der Waals surface area (Å²) in [4.78, 5) is 26.6. The Morgan fingerprint density at radius 2 is 1.81 bits per heavy atom. The first-order valence-electron chi connectivity index (χ1n) is 12.0. The highest BCUT2D eigenvalue weighted by Crippen LogP contribution is 2.41. The van der Waals surface area contributed by atoms with E-state index in [2.05, 4.69) is 5.32 Å². The smallest absolute Gasteiger partial charge is 0.234 e. The van der Waals surface area contributed by atoms with Crippen molar-refractivity contribution in [2.45, 2.75) is 31.3 Å². The van der Waals surface area contributed by atoms with Crippen LogP contribution in [0.3, 0.4) is 0 Å². The third-order valence-corrected chi connectivity index (χ3v) is 7.33. The van der Waals surface area contributed by atoms with Crippen LogP contribution in [-0.4, -0.2) is 35.9 Å². The molecule has 2 heterocycles. The Hall–Kier alpha value is -3.65. The Balaban J connectivity index is 1.09. The summed E-state index contributed by atoms with van der Waals surface area (Å²) >= 11 is 1.63. The van der Waals surface area contributed by atoms with Crippen LogP contribution in [0, 0.1) is 0 Å². The Morgan fingerprint density at radius 1 is 1.00 bits per heavy atom. The van der Waals surface area contributed by atoms with E-state index in [9.17, 15) is 9.59 Å². The number of nitrogens with one attached hydrogen (secondary N) is 1. The van der Waals surface area contributed by atoms with Crippen molar-refractivity contribution in [3.05, 3.63) is 89.5 Å². The summed E-state index contributed by atoms with van der Waals surface area (Å²) in [5, 5.41) is 2.88. The molecule has 5 rings (SSSR count). The lowest BCUT2D eigenvalue weighted by molar-refractivity contribution is -0.128. The zero-order valence-electron chi connectivity index (χ0n) is 19.9. The van der Waals surface area contributed by atoms with Gasteiger partial charge in [-0.1, -0.05) is 48.5 Å². The van der Waals surface area contributed by atoms with Gasteiger partial charge in [-0.2, -0.15) is 0 Å². The first-order valence-corrected chi connectivity index (χ1v) is 13.0. The third-order valence-electron chi connectivity index (χ3n) is 6.07. The molecule has 0 aliphatic carbocycles. The van der Waals surface area contributed by atoms with Gasteiger partial charge in [0.1, 0.15) is 11.1 Å². The molecule has 186 valence electrons. The van der Waals surface area contributed by atoms with E-state index in [4.69, 9.17) is 14.2 Å². The zero-order valence-corrected chi connectivity index (χ0v) is 20.7. The summed E-state index contributed by atoms with van der Waals surface area (Å²) in [6, 6.07) is 23.5. The Morgan fingerprint density at radius 3 is 2.64 bits per heavy atom. The Kier molecular flexibility index (Phi) is 7.61. The molecule has 1 N–H and O–H groups in total. The number of carbonyl (C=O) groups excluding carboxylic acids is 2. The van der Waals surface area contributed by atoms with Gasteiger partial charge in [-0.25, -0.2) is 0 Å². The maximum atomic E-state index is 12.6. The monoisotopic (exact) mass is 504 g/mol. The minimum absolute atomic E-state index is 0.0169. The minimum Gasteiger partial charge on any atom is -0.494 e. The lowest BCUT2D eigenvalue weighted by Crippen LogP contribution is -2.27. The van der Waals surface area contributed by atoms with Crippen LogP contribution < -0.4 is 19.5 Å². The molecule has 1 fully saturated rings. The molecule has 36 heavy (non-hydrogen) atoms. The summed E-state index contributed by atoms with van der Waals surface area (Å²) in [5.74, 6) is 2.80. The molecule has 3 aromatic carbocycles. The number of amides is 2. The number of thioether (sulfide) groups is 1. The highest BCUT2D eigenvalue weighted by molar-refractivity contribution is 8.00. The van der Waals surface area contributed by atoms with E-state index in [-0.39, 0.29) is 24.0 Å². The minimum atomic E-state index is -0.0507. The summed E-state index contributed by atoms with van der Waals surface area (Å²) in [7, 11) is 0. The largest absolute Gasteiger partial charge is 0.494 e. The van der Waals surface area contributed by atoms with Gasteiger partial charge in [0.2, 0.25) is 18.6 Å². The van der Waals surface area contributed by atoms with Gasteiger partial charge in [-0.15, -0.1) is 11.8 Å². The van der Waals surface area contributed by atoms with Gasteiger partial charge in [0, 0.05) is 19.5 Å². The number of hydrogen-bond donors (Lipinski definition) is 1. The molecule has 2 aliphatic heterocycles. The molecular formula is C28H28N2O5S. The first kappa shape index (κ1) is 24.1. The fourth-order valence-corrected chi connectivity index (χ4v) is 5.36. The van der Waals surface area contributed by atoms with Crippen molar-refractivity contribution in [1.29, 1.82) is 0 Å². The van der Waals surface area contributed by atoms with Gasteiger partial charge in [0.25, 0.3) is 0 Å². The molecule has 2 aliphatic rings. The fraction of sp³-hybridized carbons (Fsp3) is 0.286. The van der Waals surface area contributed by atoms with Crippen molar-refractivity contribution in [2.75, 3.05) is 19.2 Å². The van der Waals surface area contributed by atoms with Crippen molar-refractivity contribution < 1.29 is 23.8 Å². The van der Waals surface area contributed by atoms with E-state index in [0.29, 0.717) is 38.3 Å². The number of ether oxygens (including phenoxy) is 3. The SMILES string of the molecule is O=C(CCCOc1ccc(C2SCC(=O)N2Cc2ccc3c(c2)OCO3)cc1)NCc1ccccc1. The van der Waals surface area contributed by atoms with Crippen molar-refractivity contribution in [1.82, 2.24) is 10.2 Å². The van der Waals surface area contributed by atoms with E-state index in [0.717, 1.165) is 33.9 Å². The Labute approximate surface area is 214 Å². The summed E-state index contributed by atoms with van der Waals surface area (Å²) in [6.45, 7) is 1.74. The number of carbonyl (C=O) groups is 2. The van der Waals surface area contributed by atoms with Crippen LogP contribution in [0.1, 0.15) is 34.9 Å². The highest BCUT2D eigenvalue weighted by Gasteiger charge is 2.33. The second kappa shape index (κ2) is 11.4. The second-order valence-electron chi connectivity index (χ2n) is 8.66. The average molecular weight is 505 g/mol. The molecule has 8 heteroatoms. The van der Waals surface area contributed by atoms with Crippen molar-refractivity contribution in [3.63, 3.8) is 0 Å². The molecule has 0 spiro atoms. The van der Waals surface area contributed by atoms with Crippen molar-refractivity contribution in [2.24, 2.45) is 0 Å². The normalized spacial score (nSPS) is 16.3. The van der Waals surface area contributed by atoms with Crippen molar-refractivity contribution in [3.8, 4) is 17.2 Å². The number of rotatable bonds is 10. The molecular weight excluding hydrogens is 476 g/mol. The van der Waals surface area contributed by atoms with Crippen LogP contribution in [0.15, 0.2) is 72.8 Å². The molecule has 0 bridgehead atoms. The number of benzene rings is 3. The van der Waals surface area contributed by atoms with E-state index >= 15 is 0 Å². The standard InChI is InChI=1S/C28H28N2O5S/c31-26(29-16-20-5-2-1-3-6-20)7-4-14-33-23-11-9-22(10-12-23)28-30(27(32)18-36-28)17-21-8-13-24-25(15-21)35-19-34-24/h1-3,5-6,8-13,15,28H,4,7,14,16-19H2,(H,29,31). The molecule has 7 nitrogen and oxygen atoms in total. The molecule has 1 unspecified atom stereocenters. The van der Waals surface area contributed by atoms with Crippen LogP contribution in [0.5, 0.6) is 17.2 Å². The predicted molar refractivity (Wildman–Crippen MR) is 138 cm³/mol. The number of fused-ring (bicyclic) bond motifs is 1. The summed E-state index contributed by atoms with van der Waals surface area (Å²) < 4.78 is 16.7. The predicted octanol–water partition coefficient (Wildman–Crippen LogP) is 4.66. The fourth-order valence-electron chi connectivity index (χ4n) is 4.17. The van der Waals surface area contributed by atoms with E-state index in [1.807, 2.05) is 77.7 Å². The molecule has 0 aromatic heterocycles.